The number of nitrogens with zero attached hydrogens (tertiary/aromatic N) is 1. The normalized spacial score (nSPS) is 22.5. The van der Waals surface area contributed by atoms with Crippen LogP contribution in [0.25, 0.3) is 0 Å². The number of carbonyl (C=O) groups is 1. The molecule has 1 fully saturated rings. The summed E-state index contributed by atoms with van der Waals surface area (Å²) < 4.78 is 0. The average Bonchev–Trinajstić information content (AvgIpc) is 2.70. The number of hydrogen-bond donors (Lipinski definition) is 1. The fourth-order valence-electron chi connectivity index (χ4n) is 2.28. The molecule has 2 atom stereocenters. The van der Waals surface area contributed by atoms with Crippen molar-refractivity contribution in [2.75, 3.05) is 13.1 Å². The maximum absolute atomic E-state index is 12.0. The Bertz CT molecular complexity index is 363. The van der Waals surface area contributed by atoms with Gasteiger partial charge in [-0.1, -0.05) is 30.3 Å². The monoisotopic (exact) mass is 218 g/mol. The van der Waals surface area contributed by atoms with Gasteiger partial charge in [-0.05, 0) is 18.9 Å². The maximum Gasteiger partial charge on any atom is 0.227 e. The number of carbonyl (C=O) groups excluding carboxylic acids is 1. The van der Waals surface area contributed by atoms with Crippen LogP contribution in [0.1, 0.15) is 24.9 Å². The van der Waals surface area contributed by atoms with E-state index in [0.717, 1.165) is 13.0 Å². The highest BCUT2D eigenvalue weighted by Crippen LogP contribution is 2.27. The molecule has 1 amide bonds. The van der Waals surface area contributed by atoms with E-state index in [0.29, 0.717) is 6.54 Å². The first-order valence-electron chi connectivity index (χ1n) is 5.79. The van der Waals surface area contributed by atoms with E-state index in [1.165, 1.54) is 5.56 Å². The van der Waals surface area contributed by atoms with E-state index >= 15 is 0 Å². The molecule has 1 unspecified atom stereocenters. The SMILES string of the molecule is C[C@H](c1ccccc1)N1CCC(CN)C1=O. The molecule has 1 aliphatic heterocycles. The van der Waals surface area contributed by atoms with Crippen molar-refractivity contribution in [3.63, 3.8) is 0 Å². The smallest absolute Gasteiger partial charge is 0.227 e. The molecule has 1 aromatic rings. The van der Waals surface area contributed by atoms with Gasteiger partial charge in [0.05, 0.1) is 12.0 Å². The number of nitrogens with two attached hydrogens (primary N) is 1. The molecular weight excluding hydrogens is 200 g/mol. The third-order valence-corrected chi connectivity index (χ3v) is 3.38. The van der Waals surface area contributed by atoms with Gasteiger partial charge in [0.1, 0.15) is 0 Å². The minimum absolute atomic E-state index is 0.0335. The minimum atomic E-state index is 0.0335. The minimum Gasteiger partial charge on any atom is -0.336 e. The highest BCUT2D eigenvalue weighted by molar-refractivity contribution is 5.81. The van der Waals surface area contributed by atoms with Gasteiger partial charge >= 0.3 is 0 Å². The molecule has 3 nitrogen and oxygen atoms in total. The predicted molar refractivity (Wildman–Crippen MR) is 63.7 cm³/mol. The Hall–Kier alpha value is -1.35. The van der Waals surface area contributed by atoms with Crippen molar-refractivity contribution >= 4 is 5.91 Å². The summed E-state index contributed by atoms with van der Waals surface area (Å²) in [6.07, 6.45) is 0.895. The van der Waals surface area contributed by atoms with Crippen LogP contribution in [0.2, 0.25) is 0 Å². The van der Waals surface area contributed by atoms with E-state index in [1.54, 1.807) is 0 Å². The van der Waals surface area contributed by atoms with Gasteiger partial charge in [0.25, 0.3) is 0 Å². The second-order valence-electron chi connectivity index (χ2n) is 4.34. The molecule has 2 rings (SSSR count). The lowest BCUT2D eigenvalue weighted by Crippen LogP contribution is -2.32. The summed E-state index contributed by atoms with van der Waals surface area (Å²) in [6.45, 7) is 3.37. The molecule has 0 radical (unpaired) electrons. The van der Waals surface area contributed by atoms with Crippen molar-refractivity contribution in [2.45, 2.75) is 19.4 Å². The zero-order valence-corrected chi connectivity index (χ0v) is 9.60. The fourth-order valence-corrected chi connectivity index (χ4v) is 2.28. The van der Waals surface area contributed by atoms with Crippen LogP contribution in [0.5, 0.6) is 0 Å². The quantitative estimate of drug-likeness (QED) is 0.836. The van der Waals surface area contributed by atoms with Crippen LogP contribution in [0.15, 0.2) is 30.3 Å². The highest BCUT2D eigenvalue weighted by atomic mass is 16.2. The number of hydrogen-bond acceptors (Lipinski definition) is 2. The van der Waals surface area contributed by atoms with Crippen LogP contribution < -0.4 is 5.73 Å². The molecule has 86 valence electrons. The zero-order valence-electron chi connectivity index (χ0n) is 9.60. The lowest BCUT2D eigenvalue weighted by Gasteiger charge is -2.25. The van der Waals surface area contributed by atoms with Crippen LogP contribution >= 0.6 is 0 Å². The summed E-state index contributed by atoms with van der Waals surface area (Å²) in [5.41, 5.74) is 6.77. The first-order valence-corrected chi connectivity index (χ1v) is 5.79. The molecule has 0 aromatic heterocycles. The van der Waals surface area contributed by atoms with Gasteiger partial charge in [0, 0.05) is 13.1 Å². The number of benzene rings is 1. The summed E-state index contributed by atoms with van der Waals surface area (Å²) in [7, 11) is 0. The first-order chi connectivity index (χ1) is 7.74. The van der Waals surface area contributed by atoms with Crippen molar-refractivity contribution in [2.24, 2.45) is 11.7 Å². The van der Waals surface area contributed by atoms with E-state index < -0.39 is 0 Å². The van der Waals surface area contributed by atoms with Gasteiger partial charge < -0.3 is 10.6 Å². The predicted octanol–water partition coefficient (Wildman–Crippen LogP) is 1.55. The molecule has 0 bridgehead atoms. The molecule has 16 heavy (non-hydrogen) atoms. The van der Waals surface area contributed by atoms with Gasteiger partial charge in [0.2, 0.25) is 5.91 Å². The third kappa shape index (κ3) is 1.95. The van der Waals surface area contributed by atoms with Crippen LogP contribution in [0.3, 0.4) is 0 Å². The molecule has 1 heterocycles. The topological polar surface area (TPSA) is 46.3 Å². The lowest BCUT2D eigenvalue weighted by atomic mass is 10.1. The van der Waals surface area contributed by atoms with Gasteiger partial charge in [-0.25, -0.2) is 0 Å². The fraction of sp³-hybridized carbons (Fsp3) is 0.462. The summed E-state index contributed by atoms with van der Waals surface area (Å²) in [4.78, 5) is 13.9. The summed E-state index contributed by atoms with van der Waals surface area (Å²) >= 11 is 0. The summed E-state index contributed by atoms with van der Waals surface area (Å²) in [5.74, 6) is 0.241. The number of amides is 1. The maximum atomic E-state index is 12.0. The van der Waals surface area contributed by atoms with Crippen LogP contribution in [-0.2, 0) is 4.79 Å². The molecule has 0 spiro atoms. The van der Waals surface area contributed by atoms with E-state index in [1.807, 2.05) is 23.1 Å². The molecule has 1 aliphatic rings. The van der Waals surface area contributed by atoms with Crippen molar-refractivity contribution < 1.29 is 4.79 Å². The summed E-state index contributed by atoms with van der Waals surface area (Å²) in [5, 5.41) is 0. The third-order valence-electron chi connectivity index (χ3n) is 3.38. The number of rotatable bonds is 3. The molecule has 0 saturated carbocycles. The Balaban J connectivity index is 2.12. The van der Waals surface area contributed by atoms with E-state index in [9.17, 15) is 4.79 Å². The van der Waals surface area contributed by atoms with Gasteiger partial charge in [-0.15, -0.1) is 0 Å². The molecule has 1 saturated heterocycles. The Morgan fingerprint density at radius 2 is 2.12 bits per heavy atom. The van der Waals surface area contributed by atoms with Crippen molar-refractivity contribution in [3.05, 3.63) is 35.9 Å². The van der Waals surface area contributed by atoms with E-state index in [4.69, 9.17) is 5.73 Å². The van der Waals surface area contributed by atoms with Gasteiger partial charge in [-0.2, -0.15) is 0 Å². The second kappa shape index (κ2) is 4.66. The average molecular weight is 218 g/mol. The van der Waals surface area contributed by atoms with Crippen molar-refractivity contribution in [1.29, 1.82) is 0 Å². The summed E-state index contributed by atoms with van der Waals surface area (Å²) in [6, 6.07) is 10.3. The molecule has 0 aliphatic carbocycles. The molecule has 3 heteroatoms. The highest BCUT2D eigenvalue weighted by Gasteiger charge is 2.33. The van der Waals surface area contributed by atoms with Crippen molar-refractivity contribution in [3.8, 4) is 0 Å². The van der Waals surface area contributed by atoms with Gasteiger partial charge in [0.15, 0.2) is 0 Å². The van der Waals surface area contributed by atoms with Crippen LogP contribution in [0, 0.1) is 5.92 Å². The molecule has 2 N–H and O–H groups in total. The van der Waals surface area contributed by atoms with Crippen molar-refractivity contribution in [1.82, 2.24) is 4.90 Å². The Kier molecular flexibility index (Phi) is 3.25. The molecular formula is C13H18N2O. The molecule has 1 aromatic carbocycles. The standard InChI is InChI=1S/C13H18N2O/c1-10(11-5-3-2-4-6-11)15-8-7-12(9-14)13(15)16/h2-6,10,12H,7-9,14H2,1H3/t10-,12?/m1/s1. The second-order valence-corrected chi connectivity index (χ2v) is 4.34. The van der Waals surface area contributed by atoms with Gasteiger partial charge in [-0.3, -0.25) is 4.79 Å². The Morgan fingerprint density at radius 1 is 1.44 bits per heavy atom. The first kappa shape index (κ1) is 11.1. The number of likely N-dealkylation sites (tertiary alicyclic amines) is 1. The Morgan fingerprint density at radius 3 is 2.69 bits per heavy atom. The Labute approximate surface area is 96.2 Å². The zero-order chi connectivity index (χ0) is 11.5. The van der Waals surface area contributed by atoms with Crippen LogP contribution in [0.4, 0.5) is 0 Å². The van der Waals surface area contributed by atoms with E-state index in [2.05, 4.69) is 19.1 Å². The lowest BCUT2D eigenvalue weighted by molar-refractivity contribution is -0.132. The largest absolute Gasteiger partial charge is 0.336 e. The van der Waals surface area contributed by atoms with Crippen LogP contribution in [-0.4, -0.2) is 23.9 Å². The van der Waals surface area contributed by atoms with E-state index in [-0.39, 0.29) is 17.9 Å².